The fourth-order valence-electron chi connectivity index (χ4n) is 4.38. The molecule has 0 aromatic heterocycles. The first-order valence-electron chi connectivity index (χ1n) is 11.3. The number of methoxy groups -OCH3 is 4. The topological polar surface area (TPSA) is 112 Å². The Labute approximate surface area is 223 Å². The number of benzene rings is 3. The number of anilines is 1. The minimum Gasteiger partial charge on any atom is -0.507 e. The molecule has 1 amide bonds. The number of aliphatic hydroxyl groups is 1. The van der Waals surface area contributed by atoms with Crippen LogP contribution in [-0.2, 0) is 14.3 Å². The Morgan fingerprint density at radius 3 is 2.21 bits per heavy atom. The number of carbonyl (C=O) groups is 3. The zero-order chi connectivity index (χ0) is 27.6. The first kappa shape index (κ1) is 26.6. The maximum Gasteiger partial charge on any atom is 0.337 e. The van der Waals surface area contributed by atoms with E-state index in [0.29, 0.717) is 11.3 Å². The highest BCUT2D eigenvalue weighted by Crippen LogP contribution is 2.46. The molecule has 1 fully saturated rings. The molecule has 0 saturated carbocycles. The van der Waals surface area contributed by atoms with Crippen molar-refractivity contribution >= 4 is 40.7 Å². The molecule has 0 aliphatic carbocycles. The van der Waals surface area contributed by atoms with Crippen LogP contribution >= 0.6 is 11.6 Å². The van der Waals surface area contributed by atoms with E-state index in [4.69, 9.17) is 30.5 Å². The third-order valence-corrected chi connectivity index (χ3v) is 6.45. The SMILES string of the molecule is COC(=O)c1cccc(N2C(=O)C(=O)/C(=C(/O)c3cc(OC)c(Cl)cc3OC)C2c2ccccc2OC)c1. The van der Waals surface area contributed by atoms with Crippen molar-refractivity contribution in [2.24, 2.45) is 0 Å². The number of amides is 1. The smallest absolute Gasteiger partial charge is 0.337 e. The van der Waals surface area contributed by atoms with Crippen molar-refractivity contribution < 1.29 is 38.4 Å². The maximum atomic E-state index is 13.5. The monoisotopic (exact) mass is 537 g/mol. The van der Waals surface area contributed by atoms with Gasteiger partial charge in [0.25, 0.3) is 11.7 Å². The molecule has 1 aliphatic rings. The summed E-state index contributed by atoms with van der Waals surface area (Å²) in [5.74, 6) is -2.22. The number of halogens is 1. The van der Waals surface area contributed by atoms with Gasteiger partial charge in [-0.25, -0.2) is 4.79 Å². The second-order valence-electron chi connectivity index (χ2n) is 8.14. The van der Waals surface area contributed by atoms with Gasteiger partial charge in [-0.1, -0.05) is 35.9 Å². The lowest BCUT2D eigenvalue weighted by Gasteiger charge is -2.27. The van der Waals surface area contributed by atoms with Crippen LogP contribution in [-0.4, -0.2) is 51.2 Å². The van der Waals surface area contributed by atoms with Crippen molar-refractivity contribution in [2.75, 3.05) is 33.3 Å². The summed E-state index contributed by atoms with van der Waals surface area (Å²) in [5.41, 5.74) is 0.722. The molecule has 1 saturated heterocycles. The third kappa shape index (κ3) is 4.52. The van der Waals surface area contributed by atoms with Gasteiger partial charge in [0, 0.05) is 17.3 Å². The summed E-state index contributed by atoms with van der Waals surface area (Å²) >= 11 is 6.23. The molecule has 1 heterocycles. The number of hydrogen-bond donors (Lipinski definition) is 1. The van der Waals surface area contributed by atoms with Crippen molar-refractivity contribution in [2.45, 2.75) is 6.04 Å². The Morgan fingerprint density at radius 2 is 1.55 bits per heavy atom. The molecule has 3 aromatic carbocycles. The number of esters is 1. The van der Waals surface area contributed by atoms with Crippen molar-refractivity contribution in [1.82, 2.24) is 0 Å². The first-order chi connectivity index (χ1) is 18.3. The average molecular weight is 538 g/mol. The fraction of sp³-hybridized carbons (Fsp3) is 0.179. The standard InChI is InChI=1S/C28H24ClNO8/c1-35-20-11-6-5-10-17(20)24-23(25(31)18-13-22(37-3)19(29)14-21(18)36-2)26(32)27(33)30(24)16-9-7-8-15(12-16)28(34)38-4/h5-14,24,31H,1-4H3/b25-23+. The van der Waals surface area contributed by atoms with Crippen LogP contribution in [0, 0.1) is 0 Å². The highest BCUT2D eigenvalue weighted by atomic mass is 35.5. The van der Waals surface area contributed by atoms with Crippen LogP contribution in [0.1, 0.15) is 27.5 Å². The number of Topliss-reactive ketones (excluding diaryl/α,β-unsaturated/α-hetero) is 1. The van der Waals surface area contributed by atoms with Gasteiger partial charge in [0.2, 0.25) is 0 Å². The van der Waals surface area contributed by atoms with E-state index in [1.165, 1.54) is 57.6 Å². The highest BCUT2D eigenvalue weighted by molar-refractivity contribution is 6.51. The van der Waals surface area contributed by atoms with Gasteiger partial charge in [-0.05, 0) is 30.3 Å². The van der Waals surface area contributed by atoms with E-state index in [9.17, 15) is 19.5 Å². The number of ketones is 1. The van der Waals surface area contributed by atoms with Gasteiger partial charge >= 0.3 is 5.97 Å². The molecule has 1 aliphatic heterocycles. The molecule has 9 nitrogen and oxygen atoms in total. The molecule has 3 aromatic rings. The quantitative estimate of drug-likeness (QED) is 0.198. The fourth-order valence-corrected chi connectivity index (χ4v) is 4.61. The normalized spacial score (nSPS) is 16.3. The summed E-state index contributed by atoms with van der Waals surface area (Å²) in [6.07, 6.45) is 0. The zero-order valence-electron chi connectivity index (χ0n) is 21.0. The van der Waals surface area contributed by atoms with E-state index in [1.807, 2.05) is 0 Å². The van der Waals surface area contributed by atoms with Gasteiger partial charge in [-0.3, -0.25) is 14.5 Å². The van der Waals surface area contributed by atoms with Crippen LogP contribution in [0.3, 0.4) is 0 Å². The Balaban J connectivity index is 2.03. The van der Waals surface area contributed by atoms with E-state index >= 15 is 0 Å². The van der Waals surface area contributed by atoms with Gasteiger partial charge < -0.3 is 24.1 Å². The molecular formula is C28H24ClNO8. The van der Waals surface area contributed by atoms with E-state index < -0.39 is 29.5 Å². The predicted molar refractivity (Wildman–Crippen MR) is 140 cm³/mol. The first-order valence-corrected chi connectivity index (χ1v) is 11.7. The van der Waals surface area contributed by atoms with Crippen molar-refractivity contribution in [1.29, 1.82) is 0 Å². The van der Waals surface area contributed by atoms with E-state index in [0.717, 1.165) is 0 Å². The van der Waals surface area contributed by atoms with Gasteiger partial charge in [0.1, 0.15) is 23.0 Å². The molecular weight excluding hydrogens is 514 g/mol. The summed E-state index contributed by atoms with van der Waals surface area (Å²) in [6.45, 7) is 0. The Hall–Kier alpha value is -4.50. The number of aliphatic hydroxyl groups excluding tert-OH is 1. The van der Waals surface area contributed by atoms with E-state index in [-0.39, 0.29) is 38.9 Å². The Morgan fingerprint density at radius 1 is 0.868 bits per heavy atom. The minimum atomic E-state index is -1.12. The molecule has 38 heavy (non-hydrogen) atoms. The molecule has 1 N–H and O–H groups in total. The molecule has 1 atom stereocenters. The minimum absolute atomic E-state index is 0.0926. The molecule has 1 unspecified atom stereocenters. The van der Waals surface area contributed by atoms with Gasteiger partial charge in [-0.2, -0.15) is 0 Å². The summed E-state index contributed by atoms with van der Waals surface area (Å²) in [7, 11) is 5.48. The average Bonchev–Trinajstić information content (AvgIpc) is 3.21. The Bertz CT molecular complexity index is 1460. The number of ether oxygens (including phenoxy) is 4. The summed E-state index contributed by atoms with van der Waals surface area (Å²) in [4.78, 5) is 40.5. The molecule has 196 valence electrons. The van der Waals surface area contributed by atoms with Gasteiger partial charge in [-0.15, -0.1) is 0 Å². The van der Waals surface area contributed by atoms with E-state index in [2.05, 4.69) is 0 Å². The van der Waals surface area contributed by atoms with Gasteiger partial charge in [0.05, 0.1) is 56.2 Å². The van der Waals surface area contributed by atoms with Crippen LogP contribution in [0.4, 0.5) is 5.69 Å². The molecule has 0 radical (unpaired) electrons. The molecule has 10 heteroatoms. The lowest BCUT2D eigenvalue weighted by molar-refractivity contribution is -0.132. The summed E-state index contributed by atoms with van der Waals surface area (Å²) in [6, 6.07) is 14.6. The molecule has 0 spiro atoms. The number of nitrogens with zero attached hydrogens (tertiary/aromatic N) is 1. The highest BCUT2D eigenvalue weighted by Gasteiger charge is 2.48. The van der Waals surface area contributed by atoms with Crippen molar-refractivity contribution in [3.05, 3.63) is 87.9 Å². The number of hydrogen-bond acceptors (Lipinski definition) is 8. The summed E-state index contributed by atoms with van der Waals surface area (Å²) in [5, 5.41) is 11.8. The second-order valence-corrected chi connectivity index (χ2v) is 8.55. The number of rotatable bonds is 7. The van der Waals surface area contributed by atoms with Crippen LogP contribution in [0.15, 0.2) is 66.2 Å². The number of carbonyl (C=O) groups excluding carboxylic acids is 3. The van der Waals surface area contributed by atoms with Crippen molar-refractivity contribution in [3.8, 4) is 17.2 Å². The predicted octanol–water partition coefficient (Wildman–Crippen LogP) is 4.78. The van der Waals surface area contributed by atoms with Crippen LogP contribution in [0.2, 0.25) is 5.02 Å². The largest absolute Gasteiger partial charge is 0.507 e. The maximum absolute atomic E-state index is 13.5. The summed E-state index contributed by atoms with van der Waals surface area (Å²) < 4.78 is 21.0. The van der Waals surface area contributed by atoms with Crippen LogP contribution < -0.4 is 19.1 Å². The van der Waals surface area contributed by atoms with Crippen LogP contribution in [0.5, 0.6) is 17.2 Å². The Kier molecular flexibility index (Phi) is 7.59. The third-order valence-electron chi connectivity index (χ3n) is 6.15. The lowest BCUT2D eigenvalue weighted by atomic mass is 9.94. The zero-order valence-corrected chi connectivity index (χ0v) is 21.7. The molecule has 4 rings (SSSR count). The lowest BCUT2D eigenvalue weighted by Crippen LogP contribution is -2.29. The van der Waals surface area contributed by atoms with E-state index in [1.54, 1.807) is 36.4 Å². The van der Waals surface area contributed by atoms with Crippen molar-refractivity contribution in [3.63, 3.8) is 0 Å². The van der Waals surface area contributed by atoms with Crippen LogP contribution in [0.25, 0.3) is 5.76 Å². The van der Waals surface area contributed by atoms with Gasteiger partial charge in [0.15, 0.2) is 0 Å². The second kappa shape index (κ2) is 10.9. The molecule has 0 bridgehead atoms. The number of para-hydroxylation sites is 1.